The number of ketones is 1. The highest BCUT2D eigenvalue weighted by atomic mass is 16.5. The van der Waals surface area contributed by atoms with Gasteiger partial charge in [0.2, 0.25) is 0 Å². The van der Waals surface area contributed by atoms with Gasteiger partial charge in [-0.3, -0.25) is 4.79 Å². The fourth-order valence-electron chi connectivity index (χ4n) is 1.42. The molecular weight excluding hydrogens is 188 g/mol. The van der Waals surface area contributed by atoms with E-state index in [4.69, 9.17) is 4.74 Å². The predicted octanol–water partition coefficient (Wildman–Crippen LogP) is 2.86. The summed E-state index contributed by atoms with van der Waals surface area (Å²) in [6, 6.07) is 7.81. The first-order valence-electron chi connectivity index (χ1n) is 5.47. The number of hydrogen-bond donors (Lipinski definition) is 0. The van der Waals surface area contributed by atoms with Crippen LogP contribution in [0.3, 0.4) is 0 Å². The Bertz CT molecular complexity index is 318. The molecule has 0 saturated heterocycles. The van der Waals surface area contributed by atoms with Crippen LogP contribution in [0.25, 0.3) is 0 Å². The fraction of sp³-hybridized carbons (Fsp3) is 0.462. The van der Waals surface area contributed by atoms with E-state index in [1.165, 1.54) is 5.56 Å². The maximum atomic E-state index is 11.7. The van der Waals surface area contributed by atoms with Crippen LogP contribution in [0.5, 0.6) is 0 Å². The van der Waals surface area contributed by atoms with Crippen molar-refractivity contribution in [3.05, 3.63) is 35.4 Å². The van der Waals surface area contributed by atoms with E-state index in [9.17, 15) is 4.79 Å². The van der Waals surface area contributed by atoms with E-state index in [1.54, 1.807) is 0 Å². The second kappa shape index (κ2) is 6.36. The van der Waals surface area contributed by atoms with Crippen LogP contribution in [-0.2, 0) is 11.2 Å². The molecule has 2 nitrogen and oxygen atoms in total. The lowest BCUT2D eigenvalue weighted by Gasteiger charge is -2.03. The smallest absolute Gasteiger partial charge is 0.165 e. The van der Waals surface area contributed by atoms with Crippen LogP contribution in [0.4, 0.5) is 0 Å². The molecule has 0 amide bonds. The van der Waals surface area contributed by atoms with E-state index in [0.29, 0.717) is 19.6 Å². The maximum Gasteiger partial charge on any atom is 0.165 e. The Morgan fingerprint density at radius 2 is 2.13 bits per heavy atom. The molecule has 0 spiro atoms. The highest BCUT2D eigenvalue weighted by molar-refractivity contribution is 5.96. The van der Waals surface area contributed by atoms with Crippen molar-refractivity contribution in [1.82, 2.24) is 0 Å². The molecule has 0 heterocycles. The molecule has 1 aromatic carbocycles. The highest BCUT2D eigenvalue weighted by Gasteiger charge is 2.05. The molecule has 0 unspecified atom stereocenters. The number of ether oxygens (including phenoxy) is 1. The first-order chi connectivity index (χ1) is 7.27. The summed E-state index contributed by atoms with van der Waals surface area (Å²) in [4.78, 5) is 11.7. The molecule has 0 bridgehead atoms. The first kappa shape index (κ1) is 11.9. The summed E-state index contributed by atoms with van der Waals surface area (Å²) in [5.41, 5.74) is 2.01. The van der Waals surface area contributed by atoms with Crippen LogP contribution >= 0.6 is 0 Å². The quantitative estimate of drug-likeness (QED) is 0.528. The van der Waals surface area contributed by atoms with E-state index in [-0.39, 0.29) is 5.78 Å². The Hall–Kier alpha value is -1.15. The van der Waals surface area contributed by atoms with Gasteiger partial charge in [-0.2, -0.15) is 0 Å². The molecule has 0 saturated carbocycles. The van der Waals surface area contributed by atoms with Gasteiger partial charge in [0, 0.05) is 18.6 Å². The maximum absolute atomic E-state index is 11.7. The van der Waals surface area contributed by atoms with Crippen molar-refractivity contribution in [1.29, 1.82) is 0 Å². The standard InChI is InChI=1S/C13H18O2/c1-3-11-6-5-7-12(10-11)13(14)8-9-15-4-2/h5-7,10H,3-4,8-9H2,1-2H3. The van der Waals surface area contributed by atoms with Crippen LogP contribution in [0, 0.1) is 0 Å². The number of hydrogen-bond acceptors (Lipinski definition) is 2. The third-order valence-electron chi connectivity index (χ3n) is 2.33. The number of carbonyl (C=O) groups excluding carboxylic acids is 1. The first-order valence-corrected chi connectivity index (χ1v) is 5.47. The monoisotopic (exact) mass is 206 g/mol. The van der Waals surface area contributed by atoms with E-state index < -0.39 is 0 Å². The van der Waals surface area contributed by atoms with Crippen molar-refractivity contribution in [2.75, 3.05) is 13.2 Å². The SMILES string of the molecule is CCOCCC(=O)c1cccc(CC)c1. The van der Waals surface area contributed by atoms with Gasteiger partial charge in [-0.1, -0.05) is 25.1 Å². The fourth-order valence-corrected chi connectivity index (χ4v) is 1.42. The van der Waals surface area contributed by atoms with E-state index in [1.807, 2.05) is 31.2 Å². The van der Waals surface area contributed by atoms with Crippen LogP contribution < -0.4 is 0 Å². The number of carbonyl (C=O) groups is 1. The molecule has 0 aromatic heterocycles. The summed E-state index contributed by atoms with van der Waals surface area (Å²) in [6.07, 6.45) is 1.44. The van der Waals surface area contributed by atoms with Gasteiger partial charge in [0.15, 0.2) is 5.78 Å². The molecule has 0 N–H and O–H groups in total. The molecule has 0 aliphatic heterocycles. The molecule has 0 fully saturated rings. The average Bonchev–Trinajstić information content (AvgIpc) is 2.29. The zero-order chi connectivity index (χ0) is 11.1. The average molecular weight is 206 g/mol. The zero-order valence-corrected chi connectivity index (χ0v) is 9.45. The second-order valence-corrected chi connectivity index (χ2v) is 3.42. The highest BCUT2D eigenvalue weighted by Crippen LogP contribution is 2.08. The summed E-state index contributed by atoms with van der Waals surface area (Å²) >= 11 is 0. The minimum atomic E-state index is 0.166. The van der Waals surface area contributed by atoms with Crippen molar-refractivity contribution in [2.45, 2.75) is 26.7 Å². The van der Waals surface area contributed by atoms with Gasteiger partial charge in [-0.05, 0) is 25.0 Å². The second-order valence-electron chi connectivity index (χ2n) is 3.42. The zero-order valence-electron chi connectivity index (χ0n) is 9.45. The number of aryl methyl sites for hydroxylation is 1. The van der Waals surface area contributed by atoms with Gasteiger partial charge < -0.3 is 4.74 Å². The van der Waals surface area contributed by atoms with Crippen molar-refractivity contribution >= 4 is 5.78 Å². The third kappa shape index (κ3) is 3.84. The Morgan fingerprint density at radius 1 is 1.33 bits per heavy atom. The van der Waals surface area contributed by atoms with Crippen molar-refractivity contribution < 1.29 is 9.53 Å². The van der Waals surface area contributed by atoms with Gasteiger partial charge in [-0.15, -0.1) is 0 Å². The Morgan fingerprint density at radius 3 is 2.80 bits per heavy atom. The van der Waals surface area contributed by atoms with Gasteiger partial charge in [-0.25, -0.2) is 0 Å². The van der Waals surface area contributed by atoms with E-state index in [2.05, 4.69) is 6.92 Å². The van der Waals surface area contributed by atoms with Gasteiger partial charge in [0.05, 0.1) is 6.61 Å². The summed E-state index contributed by atoms with van der Waals surface area (Å²) in [5, 5.41) is 0. The normalized spacial score (nSPS) is 10.3. The largest absolute Gasteiger partial charge is 0.381 e. The predicted molar refractivity (Wildman–Crippen MR) is 61.3 cm³/mol. The summed E-state index contributed by atoms with van der Waals surface area (Å²) in [5.74, 6) is 0.166. The molecule has 1 aromatic rings. The van der Waals surface area contributed by atoms with Gasteiger partial charge >= 0.3 is 0 Å². The van der Waals surface area contributed by atoms with E-state index >= 15 is 0 Å². The van der Waals surface area contributed by atoms with Crippen molar-refractivity contribution in [2.24, 2.45) is 0 Å². The van der Waals surface area contributed by atoms with Crippen LogP contribution in [0.1, 0.15) is 36.2 Å². The number of rotatable bonds is 6. The minimum absolute atomic E-state index is 0.166. The lowest BCUT2D eigenvalue weighted by Crippen LogP contribution is -2.05. The molecule has 1 rings (SSSR count). The number of benzene rings is 1. The molecule has 0 atom stereocenters. The topological polar surface area (TPSA) is 26.3 Å². The van der Waals surface area contributed by atoms with Crippen molar-refractivity contribution in [3.8, 4) is 0 Å². The lowest BCUT2D eigenvalue weighted by atomic mass is 10.0. The lowest BCUT2D eigenvalue weighted by molar-refractivity contribution is 0.0896. The molecular formula is C13H18O2. The van der Waals surface area contributed by atoms with Crippen LogP contribution in [-0.4, -0.2) is 19.0 Å². The summed E-state index contributed by atoms with van der Waals surface area (Å²) in [7, 11) is 0. The Balaban J connectivity index is 2.57. The third-order valence-corrected chi connectivity index (χ3v) is 2.33. The Kier molecular flexibility index (Phi) is 5.05. The van der Waals surface area contributed by atoms with Crippen molar-refractivity contribution in [3.63, 3.8) is 0 Å². The Labute approximate surface area is 91.3 Å². The molecule has 0 aliphatic carbocycles. The summed E-state index contributed by atoms with van der Waals surface area (Å²) < 4.78 is 5.16. The van der Waals surface area contributed by atoms with Gasteiger partial charge in [0.1, 0.15) is 0 Å². The van der Waals surface area contributed by atoms with Crippen LogP contribution in [0.15, 0.2) is 24.3 Å². The molecule has 82 valence electrons. The van der Waals surface area contributed by atoms with Gasteiger partial charge in [0.25, 0.3) is 0 Å². The molecule has 15 heavy (non-hydrogen) atoms. The molecule has 2 heteroatoms. The van der Waals surface area contributed by atoms with E-state index in [0.717, 1.165) is 12.0 Å². The molecule has 0 aliphatic rings. The number of Topliss-reactive ketones (excluding diaryl/α,β-unsaturated/α-hetero) is 1. The minimum Gasteiger partial charge on any atom is -0.381 e. The van der Waals surface area contributed by atoms with Crippen LogP contribution in [0.2, 0.25) is 0 Å². The molecule has 0 radical (unpaired) electrons. The summed E-state index contributed by atoms with van der Waals surface area (Å²) in [6.45, 7) is 5.21.